The minimum Gasteiger partial charge on any atom is -0.357 e. The van der Waals surface area contributed by atoms with E-state index in [1.165, 1.54) is 11.8 Å². The molecule has 4 nitrogen and oxygen atoms in total. The number of thioether (sulfide) groups is 1. The van der Waals surface area contributed by atoms with Gasteiger partial charge in [0.2, 0.25) is 11.8 Å². The van der Waals surface area contributed by atoms with Crippen molar-refractivity contribution < 1.29 is 9.59 Å². The number of halogens is 2. The van der Waals surface area contributed by atoms with E-state index in [0.717, 1.165) is 16.7 Å². The summed E-state index contributed by atoms with van der Waals surface area (Å²) in [4.78, 5) is 27.1. The van der Waals surface area contributed by atoms with Crippen LogP contribution >= 0.6 is 35.0 Å². The summed E-state index contributed by atoms with van der Waals surface area (Å²) in [5.41, 5.74) is 3.08. The topological polar surface area (TPSA) is 49.4 Å². The second kappa shape index (κ2) is 11.5. The number of nitrogens with zero attached hydrogens (tertiary/aromatic N) is 1. The van der Waals surface area contributed by atoms with Crippen molar-refractivity contribution in [1.29, 1.82) is 0 Å². The number of amides is 2. The van der Waals surface area contributed by atoms with Crippen LogP contribution in [0.2, 0.25) is 10.0 Å². The molecule has 156 valence electrons. The second-order valence-corrected chi connectivity index (χ2v) is 8.60. The Kier molecular flexibility index (Phi) is 9.34. The van der Waals surface area contributed by atoms with Crippen LogP contribution in [0, 0.1) is 6.92 Å². The van der Waals surface area contributed by atoms with Crippen molar-refractivity contribution in [2.24, 2.45) is 0 Å². The van der Waals surface area contributed by atoms with Gasteiger partial charge in [0.15, 0.2) is 0 Å². The molecule has 1 N–H and O–H groups in total. The molecule has 0 aliphatic carbocycles. The summed E-state index contributed by atoms with van der Waals surface area (Å²) in [6, 6.07) is 12.8. The first-order valence-electron chi connectivity index (χ1n) is 9.44. The molecule has 0 radical (unpaired) electrons. The molecular formula is C22H26Cl2N2O2S. The maximum Gasteiger partial charge on any atom is 0.242 e. The monoisotopic (exact) mass is 452 g/mol. The van der Waals surface area contributed by atoms with Crippen molar-refractivity contribution in [1.82, 2.24) is 10.2 Å². The zero-order chi connectivity index (χ0) is 21.4. The van der Waals surface area contributed by atoms with Crippen LogP contribution in [0.25, 0.3) is 0 Å². The Labute approximate surface area is 187 Å². The summed E-state index contributed by atoms with van der Waals surface area (Å²) in [7, 11) is 1.59. The highest BCUT2D eigenvalue weighted by Gasteiger charge is 2.27. The Hall–Kier alpha value is -1.69. The molecule has 2 rings (SSSR count). The van der Waals surface area contributed by atoms with E-state index in [9.17, 15) is 9.59 Å². The maximum atomic E-state index is 13.0. The number of nitrogens with one attached hydrogen (secondary N) is 1. The van der Waals surface area contributed by atoms with E-state index < -0.39 is 6.04 Å². The van der Waals surface area contributed by atoms with E-state index in [-0.39, 0.29) is 17.6 Å². The average Bonchev–Trinajstić information content (AvgIpc) is 2.70. The van der Waals surface area contributed by atoms with Crippen LogP contribution in [-0.2, 0) is 21.9 Å². The molecule has 0 heterocycles. The summed E-state index contributed by atoms with van der Waals surface area (Å²) < 4.78 is 0. The minimum absolute atomic E-state index is 0.0730. The molecule has 0 saturated carbocycles. The zero-order valence-electron chi connectivity index (χ0n) is 16.9. The number of likely N-dealkylation sites (N-methyl/N-ethyl adjacent to an activating group) is 1. The highest BCUT2D eigenvalue weighted by molar-refractivity contribution is 7.99. The highest BCUT2D eigenvalue weighted by Crippen LogP contribution is 2.25. The fourth-order valence-corrected chi connectivity index (χ4v) is 4.41. The van der Waals surface area contributed by atoms with Crippen molar-refractivity contribution in [2.45, 2.75) is 38.6 Å². The third-order valence-corrected chi connectivity index (χ3v) is 6.16. The van der Waals surface area contributed by atoms with Crippen LogP contribution in [-0.4, -0.2) is 35.6 Å². The number of hydrogen-bond acceptors (Lipinski definition) is 3. The summed E-state index contributed by atoms with van der Waals surface area (Å²) in [5.74, 6) is 0.629. The van der Waals surface area contributed by atoms with E-state index in [0.29, 0.717) is 28.8 Å². The van der Waals surface area contributed by atoms with Gasteiger partial charge in [0, 0.05) is 29.4 Å². The molecule has 0 aromatic heterocycles. The van der Waals surface area contributed by atoms with Crippen LogP contribution < -0.4 is 5.32 Å². The van der Waals surface area contributed by atoms with E-state index >= 15 is 0 Å². The lowest BCUT2D eigenvalue weighted by Crippen LogP contribution is -2.48. The van der Waals surface area contributed by atoms with Gasteiger partial charge < -0.3 is 10.2 Å². The van der Waals surface area contributed by atoms with Gasteiger partial charge in [-0.1, -0.05) is 66.0 Å². The fourth-order valence-electron chi connectivity index (χ4n) is 2.95. The zero-order valence-corrected chi connectivity index (χ0v) is 19.2. The normalized spacial score (nSPS) is 11.8. The Morgan fingerprint density at radius 1 is 1.14 bits per heavy atom. The largest absolute Gasteiger partial charge is 0.357 e. The van der Waals surface area contributed by atoms with Crippen molar-refractivity contribution in [3.8, 4) is 0 Å². The van der Waals surface area contributed by atoms with Gasteiger partial charge in [0.05, 0.1) is 5.75 Å². The molecule has 7 heteroatoms. The van der Waals surface area contributed by atoms with Gasteiger partial charge in [-0.25, -0.2) is 0 Å². The third kappa shape index (κ3) is 6.95. The van der Waals surface area contributed by atoms with Crippen LogP contribution in [0.3, 0.4) is 0 Å². The van der Waals surface area contributed by atoms with Crippen molar-refractivity contribution in [3.05, 3.63) is 69.2 Å². The molecule has 0 saturated heterocycles. The molecule has 2 aromatic carbocycles. The number of carbonyl (C=O) groups is 2. The molecule has 0 bridgehead atoms. The predicted molar refractivity (Wildman–Crippen MR) is 122 cm³/mol. The molecule has 29 heavy (non-hydrogen) atoms. The second-order valence-electron chi connectivity index (χ2n) is 6.77. The van der Waals surface area contributed by atoms with Crippen molar-refractivity contribution >= 4 is 46.8 Å². The molecule has 1 atom stereocenters. The van der Waals surface area contributed by atoms with Gasteiger partial charge in [-0.15, -0.1) is 11.8 Å². The number of hydrogen-bond donors (Lipinski definition) is 1. The summed E-state index contributed by atoms with van der Waals surface area (Å²) in [5, 5.41) is 3.84. The van der Waals surface area contributed by atoms with Gasteiger partial charge in [0.25, 0.3) is 0 Å². The van der Waals surface area contributed by atoms with Gasteiger partial charge in [-0.3, -0.25) is 9.59 Å². The Morgan fingerprint density at radius 2 is 1.83 bits per heavy atom. The summed E-state index contributed by atoms with van der Waals surface area (Å²) in [6.07, 6.45) is 0.547. The summed E-state index contributed by atoms with van der Waals surface area (Å²) >= 11 is 13.6. The number of rotatable bonds is 9. The molecule has 0 spiro atoms. The van der Waals surface area contributed by atoms with Gasteiger partial charge in [-0.05, 0) is 36.6 Å². The highest BCUT2D eigenvalue weighted by atomic mass is 35.5. The van der Waals surface area contributed by atoms with E-state index in [4.69, 9.17) is 23.2 Å². The molecule has 2 amide bonds. The fraction of sp³-hybridized carbons (Fsp3) is 0.364. The van der Waals surface area contributed by atoms with E-state index in [1.54, 1.807) is 24.1 Å². The first-order chi connectivity index (χ1) is 13.8. The van der Waals surface area contributed by atoms with E-state index in [2.05, 4.69) is 5.32 Å². The van der Waals surface area contributed by atoms with Crippen molar-refractivity contribution in [3.63, 3.8) is 0 Å². The molecule has 0 fully saturated rings. The lowest BCUT2D eigenvalue weighted by atomic mass is 10.1. The lowest BCUT2D eigenvalue weighted by molar-refractivity contribution is -0.139. The third-order valence-electron chi connectivity index (χ3n) is 4.60. The molecule has 0 aliphatic rings. The predicted octanol–water partition coefficient (Wildman–Crippen LogP) is 5.09. The lowest BCUT2D eigenvalue weighted by Gasteiger charge is -2.30. The molecule has 0 aliphatic heterocycles. The molecular weight excluding hydrogens is 427 g/mol. The van der Waals surface area contributed by atoms with Crippen LogP contribution in [0.1, 0.15) is 30.0 Å². The first kappa shape index (κ1) is 23.6. The molecule has 2 aromatic rings. The van der Waals surface area contributed by atoms with Gasteiger partial charge >= 0.3 is 0 Å². The van der Waals surface area contributed by atoms with E-state index in [1.807, 2.05) is 44.2 Å². The quantitative estimate of drug-likeness (QED) is 0.576. The Balaban J connectivity index is 2.10. The number of aryl methyl sites for hydroxylation is 1. The maximum absolute atomic E-state index is 13.0. The smallest absolute Gasteiger partial charge is 0.242 e. The van der Waals surface area contributed by atoms with Gasteiger partial charge in [-0.2, -0.15) is 0 Å². The van der Waals surface area contributed by atoms with Crippen LogP contribution in [0.15, 0.2) is 42.5 Å². The number of benzene rings is 2. The van der Waals surface area contributed by atoms with Crippen LogP contribution in [0.4, 0.5) is 0 Å². The van der Waals surface area contributed by atoms with Crippen LogP contribution in [0.5, 0.6) is 0 Å². The van der Waals surface area contributed by atoms with Crippen molar-refractivity contribution in [2.75, 3.05) is 12.8 Å². The minimum atomic E-state index is -0.506. The van der Waals surface area contributed by atoms with Gasteiger partial charge in [0.1, 0.15) is 6.04 Å². The Morgan fingerprint density at radius 3 is 2.41 bits per heavy atom. The average molecular weight is 453 g/mol. The molecule has 0 unspecified atom stereocenters. The standard InChI is InChI=1S/C22H26Cl2N2O2S/c1-4-20(22(28)25-3)26(12-16-7-5-15(2)6-8-16)21(27)14-29-13-17-9-10-18(23)11-19(17)24/h5-11,20H,4,12-14H2,1-3H3,(H,25,28)/t20-/m0/s1. The first-order valence-corrected chi connectivity index (χ1v) is 11.3. The Bertz CT molecular complexity index is 843. The summed E-state index contributed by atoms with van der Waals surface area (Å²) in [6.45, 7) is 4.33. The SMILES string of the molecule is CC[C@@H](C(=O)NC)N(Cc1ccc(C)cc1)C(=O)CSCc1ccc(Cl)cc1Cl. The number of carbonyl (C=O) groups excluding carboxylic acids is 2.